The van der Waals surface area contributed by atoms with Gasteiger partial charge >= 0.3 is 0 Å². The standard InChI is InChI=1S/C18H23N3/c1-13-7-4-5-8-16(13)11-20-14(2)17-9-6-10-18(17)15(3)21-12-19/h4-5,7-8,17-18,20-21H,2-3,6,9-11H2,1H3. The van der Waals surface area contributed by atoms with Gasteiger partial charge in [0.15, 0.2) is 6.19 Å². The van der Waals surface area contributed by atoms with Crippen LogP contribution in [0.5, 0.6) is 0 Å². The van der Waals surface area contributed by atoms with E-state index < -0.39 is 0 Å². The van der Waals surface area contributed by atoms with Crippen LogP contribution in [-0.2, 0) is 6.54 Å². The third kappa shape index (κ3) is 3.66. The highest BCUT2D eigenvalue weighted by atomic mass is 14.9. The van der Waals surface area contributed by atoms with E-state index in [9.17, 15) is 0 Å². The van der Waals surface area contributed by atoms with Gasteiger partial charge in [-0.2, -0.15) is 5.26 Å². The van der Waals surface area contributed by atoms with Crippen LogP contribution in [0.25, 0.3) is 0 Å². The smallest absolute Gasteiger partial charge is 0.181 e. The van der Waals surface area contributed by atoms with Gasteiger partial charge in [-0.05, 0) is 30.9 Å². The molecule has 0 saturated heterocycles. The second kappa shape index (κ2) is 6.99. The molecule has 1 aromatic rings. The van der Waals surface area contributed by atoms with Gasteiger partial charge in [-0.25, -0.2) is 0 Å². The molecule has 1 aliphatic rings. The number of allylic oxidation sites excluding steroid dienone is 2. The largest absolute Gasteiger partial charge is 0.384 e. The van der Waals surface area contributed by atoms with Crippen molar-refractivity contribution in [3.8, 4) is 6.19 Å². The van der Waals surface area contributed by atoms with E-state index in [1.807, 2.05) is 6.19 Å². The molecule has 2 atom stereocenters. The number of rotatable bonds is 6. The molecule has 1 fully saturated rings. The van der Waals surface area contributed by atoms with Gasteiger partial charge in [0.25, 0.3) is 0 Å². The fourth-order valence-corrected chi connectivity index (χ4v) is 3.11. The third-order valence-corrected chi connectivity index (χ3v) is 4.39. The van der Waals surface area contributed by atoms with Crippen LogP contribution in [-0.4, -0.2) is 0 Å². The van der Waals surface area contributed by atoms with Crippen molar-refractivity contribution in [2.45, 2.75) is 32.7 Å². The Balaban J connectivity index is 1.95. The van der Waals surface area contributed by atoms with Crippen molar-refractivity contribution in [1.29, 1.82) is 5.26 Å². The van der Waals surface area contributed by atoms with Crippen LogP contribution in [0.2, 0.25) is 0 Å². The molecule has 0 amide bonds. The summed E-state index contributed by atoms with van der Waals surface area (Å²) in [6.07, 6.45) is 5.31. The maximum atomic E-state index is 8.74. The first-order valence-corrected chi connectivity index (χ1v) is 7.44. The fraction of sp³-hybridized carbons (Fsp3) is 0.389. The number of aryl methyl sites for hydroxylation is 1. The molecule has 0 spiro atoms. The van der Waals surface area contributed by atoms with Gasteiger partial charge in [0.05, 0.1) is 0 Å². The summed E-state index contributed by atoms with van der Waals surface area (Å²) in [4.78, 5) is 0. The summed E-state index contributed by atoms with van der Waals surface area (Å²) < 4.78 is 0. The zero-order valence-electron chi connectivity index (χ0n) is 12.7. The number of nitrogens with zero attached hydrogens (tertiary/aromatic N) is 1. The van der Waals surface area contributed by atoms with Crippen molar-refractivity contribution in [1.82, 2.24) is 10.6 Å². The van der Waals surface area contributed by atoms with Gasteiger partial charge in [0.1, 0.15) is 0 Å². The maximum Gasteiger partial charge on any atom is 0.181 e. The van der Waals surface area contributed by atoms with E-state index in [4.69, 9.17) is 5.26 Å². The van der Waals surface area contributed by atoms with E-state index in [2.05, 4.69) is 55.0 Å². The summed E-state index contributed by atoms with van der Waals surface area (Å²) >= 11 is 0. The average Bonchev–Trinajstić information content (AvgIpc) is 2.96. The number of hydrogen-bond donors (Lipinski definition) is 2. The summed E-state index contributed by atoms with van der Waals surface area (Å²) in [5, 5.41) is 14.9. The molecular formula is C18H23N3. The molecule has 0 radical (unpaired) electrons. The predicted molar refractivity (Wildman–Crippen MR) is 85.9 cm³/mol. The first-order valence-electron chi connectivity index (χ1n) is 7.44. The number of benzene rings is 1. The Labute approximate surface area is 127 Å². The Bertz CT molecular complexity index is 568. The van der Waals surface area contributed by atoms with Crippen LogP contribution in [0.1, 0.15) is 30.4 Å². The van der Waals surface area contributed by atoms with Crippen molar-refractivity contribution in [2.75, 3.05) is 0 Å². The minimum absolute atomic E-state index is 0.307. The van der Waals surface area contributed by atoms with Crippen LogP contribution >= 0.6 is 0 Å². The molecule has 2 N–H and O–H groups in total. The molecule has 21 heavy (non-hydrogen) atoms. The minimum atomic E-state index is 0.307. The molecule has 3 heteroatoms. The second-order valence-electron chi connectivity index (χ2n) is 5.71. The Hall–Kier alpha value is -2.21. The topological polar surface area (TPSA) is 47.9 Å². The van der Waals surface area contributed by atoms with Crippen LogP contribution in [0, 0.1) is 30.2 Å². The van der Waals surface area contributed by atoms with Crippen molar-refractivity contribution >= 4 is 0 Å². The van der Waals surface area contributed by atoms with Crippen molar-refractivity contribution < 1.29 is 0 Å². The molecule has 2 unspecified atom stereocenters. The molecule has 1 aromatic carbocycles. The zero-order chi connectivity index (χ0) is 15.2. The molecule has 0 aromatic heterocycles. The molecule has 0 heterocycles. The summed E-state index contributed by atoms with van der Waals surface area (Å²) in [6.45, 7) is 11.1. The highest BCUT2D eigenvalue weighted by molar-refractivity contribution is 5.26. The lowest BCUT2D eigenvalue weighted by Gasteiger charge is -2.24. The van der Waals surface area contributed by atoms with Crippen molar-refractivity contribution in [3.63, 3.8) is 0 Å². The molecule has 3 nitrogen and oxygen atoms in total. The van der Waals surface area contributed by atoms with E-state index in [1.165, 1.54) is 11.1 Å². The molecule has 110 valence electrons. The normalized spacial score (nSPS) is 20.6. The number of hydrogen-bond acceptors (Lipinski definition) is 3. The Morgan fingerprint density at radius 3 is 2.57 bits per heavy atom. The fourth-order valence-electron chi connectivity index (χ4n) is 3.11. The molecule has 2 rings (SSSR count). The van der Waals surface area contributed by atoms with Crippen LogP contribution < -0.4 is 10.6 Å². The SMILES string of the molecule is C=C(NC#N)C1CCCC1C(=C)NCc1ccccc1C. The van der Waals surface area contributed by atoms with Crippen LogP contribution in [0.3, 0.4) is 0 Å². The van der Waals surface area contributed by atoms with Gasteiger partial charge in [-0.1, -0.05) is 43.8 Å². The monoisotopic (exact) mass is 281 g/mol. The second-order valence-corrected chi connectivity index (χ2v) is 5.71. The average molecular weight is 281 g/mol. The molecule has 1 saturated carbocycles. The van der Waals surface area contributed by atoms with Gasteiger partial charge in [0, 0.05) is 29.8 Å². The maximum absolute atomic E-state index is 8.74. The lowest BCUT2D eigenvalue weighted by molar-refractivity contribution is 0.461. The molecule has 0 aliphatic heterocycles. The first-order chi connectivity index (χ1) is 10.1. The highest BCUT2D eigenvalue weighted by Gasteiger charge is 2.31. The van der Waals surface area contributed by atoms with E-state index in [0.29, 0.717) is 11.8 Å². The van der Waals surface area contributed by atoms with Crippen molar-refractivity contribution in [3.05, 3.63) is 59.9 Å². The predicted octanol–water partition coefficient (Wildman–Crippen LogP) is 3.60. The number of nitrogens with one attached hydrogen (secondary N) is 2. The number of nitriles is 1. The summed E-state index contributed by atoms with van der Waals surface area (Å²) in [6, 6.07) is 8.37. The quantitative estimate of drug-likeness (QED) is 0.618. The lowest BCUT2D eigenvalue weighted by atomic mass is 9.90. The zero-order valence-corrected chi connectivity index (χ0v) is 12.7. The Kier molecular flexibility index (Phi) is 5.05. The summed E-state index contributed by atoms with van der Waals surface area (Å²) in [5.74, 6) is 0.670. The van der Waals surface area contributed by atoms with Gasteiger partial charge in [0.2, 0.25) is 0 Å². The molecular weight excluding hydrogens is 258 g/mol. The first kappa shape index (κ1) is 15.2. The Morgan fingerprint density at radius 1 is 1.24 bits per heavy atom. The molecule has 0 bridgehead atoms. The van der Waals surface area contributed by atoms with Crippen LogP contribution in [0.4, 0.5) is 0 Å². The van der Waals surface area contributed by atoms with E-state index in [0.717, 1.165) is 37.2 Å². The van der Waals surface area contributed by atoms with E-state index >= 15 is 0 Å². The Morgan fingerprint density at radius 2 is 1.90 bits per heavy atom. The minimum Gasteiger partial charge on any atom is -0.384 e. The van der Waals surface area contributed by atoms with Crippen LogP contribution in [0.15, 0.2) is 48.8 Å². The van der Waals surface area contributed by atoms with E-state index in [1.54, 1.807) is 0 Å². The van der Waals surface area contributed by atoms with E-state index in [-0.39, 0.29) is 0 Å². The van der Waals surface area contributed by atoms with Gasteiger partial charge < -0.3 is 5.32 Å². The lowest BCUT2D eigenvalue weighted by Crippen LogP contribution is -2.26. The van der Waals surface area contributed by atoms with Gasteiger partial charge in [-0.3, -0.25) is 5.32 Å². The highest BCUT2D eigenvalue weighted by Crippen LogP contribution is 2.38. The summed E-state index contributed by atoms with van der Waals surface area (Å²) in [7, 11) is 0. The van der Waals surface area contributed by atoms with Crippen molar-refractivity contribution in [2.24, 2.45) is 11.8 Å². The van der Waals surface area contributed by atoms with Gasteiger partial charge in [-0.15, -0.1) is 0 Å². The summed E-state index contributed by atoms with van der Waals surface area (Å²) in [5.41, 5.74) is 4.46. The molecule has 1 aliphatic carbocycles. The third-order valence-electron chi connectivity index (χ3n) is 4.39.